The van der Waals surface area contributed by atoms with Crippen LogP contribution in [0.2, 0.25) is 0 Å². The molecule has 8 heteroatoms. The molecule has 3 aliphatic rings. The summed E-state index contributed by atoms with van der Waals surface area (Å²) in [5.41, 5.74) is 2.06. The Hall–Kier alpha value is -1.64. The Morgan fingerprint density at radius 3 is 2.29 bits per heavy atom. The average Bonchev–Trinajstić information content (AvgIpc) is 3.33. The van der Waals surface area contributed by atoms with Gasteiger partial charge in [-0.15, -0.1) is 0 Å². The van der Waals surface area contributed by atoms with Crippen LogP contribution >= 0.6 is 0 Å². The Bertz CT molecular complexity index is 782. The minimum atomic E-state index is -2.84. The Morgan fingerprint density at radius 1 is 1.00 bits per heavy atom. The fraction of sp³-hybridized carbons (Fsp3) is 0.650. The second-order valence-electron chi connectivity index (χ2n) is 8.16. The molecule has 3 heterocycles. The van der Waals surface area contributed by atoms with Crippen LogP contribution in [0, 0.1) is 0 Å². The van der Waals surface area contributed by atoms with Crippen molar-refractivity contribution in [1.29, 1.82) is 0 Å². The lowest BCUT2D eigenvalue weighted by Crippen LogP contribution is -2.52. The average molecular weight is 407 g/mol. The van der Waals surface area contributed by atoms with Gasteiger partial charge in [-0.05, 0) is 43.5 Å². The fourth-order valence-corrected chi connectivity index (χ4v) is 6.25. The van der Waals surface area contributed by atoms with Gasteiger partial charge in [0.15, 0.2) is 9.84 Å². The van der Waals surface area contributed by atoms with Crippen molar-refractivity contribution in [3.8, 4) is 0 Å². The minimum absolute atomic E-state index is 0.00539. The van der Waals surface area contributed by atoms with Crippen molar-refractivity contribution in [3.63, 3.8) is 0 Å². The third-order valence-corrected chi connectivity index (χ3v) is 7.87. The molecule has 3 saturated heterocycles. The normalized spacial score (nSPS) is 25.9. The van der Waals surface area contributed by atoms with Crippen LogP contribution in [0.15, 0.2) is 24.3 Å². The molecule has 0 radical (unpaired) electrons. The van der Waals surface area contributed by atoms with Crippen molar-refractivity contribution in [2.45, 2.75) is 25.3 Å². The molecule has 4 rings (SSSR count). The molecule has 1 atom stereocenters. The van der Waals surface area contributed by atoms with Gasteiger partial charge in [0.2, 0.25) is 5.91 Å². The largest absolute Gasteiger partial charge is 0.372 e. The standard InChI is InChI=1S/C20H30N4O3S/c25-20(21-17-3-5-18(6-4-17)23-8-1-2-9-23)15-22-10-12-24(13-11-22)19-7-14-28(26,27)16-19/h3-6,19H,1-2,7-16H2,(H,21,25). The summed E-state index contributed by atoms with van der Waals surface area (Å²) >= 11 is 0. The summed E-state index contributed by atoms with van der Waals surface area (Å²) in [6, 6.07) is 8.27. The molecule has 0 aliphatic carbocycles. The highest BCUT2D eigenvalue weighted by Crippen LogP contribution is 2.22. The molecule has 1 aromatic carbocycles. The molecule has 1 unspecified atom stereocenters. The number of sulfone groups is 1. The maximum atomic E-state index is 12.4. The summed E-state index contributed by atoms with van der Waals surface area (Å²) < 4.78 is 23.3. The van der Waals surface area contributed by atoms with E-state index >= 15 is 0 Å². The molecular formula is C20H30N4O3S. The smallest absolute Gasteiger partial charge is 0.238 e. The van der Waals surface area contributed by atoms with Gasteiger partial charge in [0.1, 0.15) is 0 Å². The quantitative estimate of drug-likeness (QED) is 0.788. The first-order chi connectivity index (χ1) is 13.5. The second-order valence-corrected chi connectivity index (χ2v) is 10.4. The summed E-state index contributed by atoms with van der Waals surface area (Å²) in [5, 5.41) is 2.99. The van der Waals surface area contributed by atoms with E-state index in [0.717, 1.165) is 51.4 Å². The van der Waals surface area contributed by atoms with Gasteiger partial charge in [-0.2, -0.15) is 0 Å². The summed E-state index contributed by atoms with van der Waals surface area (Å²) in [5.74, 6) is 0.614. The molecule has 28 heavy (non-hydrogen) atoms. The van der Waals surface area contributed by atoms with Gasteiger partial charge in [0.05, 0.1) is 18.1 Å². The highest BCUT2D eigenvalue weighted by Gasteiger charge is 2.33. The van der Waals surface area contributed by atoms with E-state index in [0.29, 0.717) is 18.1 Å². The number of nitrogens with one attached hydrogen (secondary N) is 1. The molecule has 3 fully saturated rings. The summed E-state index contributed by atoms with van der Waals surface area (Å²) in [6.07, 6.45) is 3.25. The molecule has 7 nitrogen and oxygen atoms in total. The number of carbonyl (C=O) groups is 1. The first-order valence-corrected chi connectivity index (χ1v) is 12.1. The van der Waals surface area contributed by atoms with Gasteiger partial charge in [0, 0.05) is 56.7 Å². The molecule has 0 aromatic heterocycles. The zero-order valence-electron chi connectivity index (χ0n) is 16.3. The highest BCUT2D eigenvalue weighted by atomic mass is 32.2. The number of hydrogen-bond donors (Lipinski definition) is 1. The van der Waals surface area contributed by atoms with Crippen LogP contribution in [0.5, 0.6) is 0 Å². The Balaban J connectivity index is 1.21. The van der Waals surface area contributed by atoms with E-state index in [-0.39, 0.29) is 11.9 Å². The number of benzene rings is 1. The SMILES string of the molecule is O=C(CN1CCN(C2CCS(=O)(=O)C2)CC1)Nc1ccc(N2CCCC2)cc1. The molecule has 154 valence electrons. The number of carbonyl (C=O) groups excluding carboxylic acids is 1. The number of hydrogen-bond acceptors (Lipinski definition) is 6. The molecule has 3 aliphatic heterocycles. The molecule has 0 bridgehead atoms. The first-order valence-electron chi connectivity index (χ1n) is 10.3. The van der Waals surface area contributed by atoms with Crippen LogP contribution in [-0.2, 0) is 14.6 Å². The molecule has 0 saturated carbocycles. The van der Waals surface area contributed by atoms with Crippen LogP contribution in [0.4, 0.5) is 11.4 Å². The Kier molecular flexibility index (Phi) is 5.89. The zero-order chi connectivity index (χ0) is 19.6. The predicted octanol–water partition coefficient (Wildman–Crippen LogP) is 1.03. The maximum absolute atomic E-state index is 12.4. The third-order valence-electron chi connectivity index (χ3n) is 6.12. The van der Waals surface area contributed by atoms with E-state index in [4.69, 9.17) is 0 Å². The van der Waals surface area contributed by atoms with Gasteiger partial charge in [-0.25, -0.2) is 8.42 Å². The Labute approximate surface area is 167 Å². The third kappa shape index (κ3) is 4.85. The van der Waals surface area contributed by atoms with Crippen molar-refractivity contribution >= 4 is 27.1 Å². The van der Waals surface area contributed by atoms with Crippen molar-refractivity contribution in [1.82, 2.24) is 9.80 Å². The lowest BCUT2D eigenvalue weighted by Gasteiger charge is -2.37. The highest BCUT2D eigenvalue weighted by molar-refractivity contribution is 7.91. The number of rotatable bonds is 5. The molecule has 0 spiro atoms. The fourth-order valence-electron chi connectivity index (χ4n) is 4.48. The second kappa shape index (κ2) is 8.39. The van der Waals surface area contributed by atoms with Gasteiger partial charge >= 0.3 is 0 Å². The van der Waals surface area contributed by atoms with E-state index in [1.807, 2.05) is 12.1 Å². The van der Waals surface area contributed by atoms with E-state index in [2.05, 4.69) is 32.1 Å². The number of nitrogens with zero attached hydrogens (tertiary/aromatic N) is 3. The summed E-state index contributed by atoms with van der Waals surface area (Å²) in [4.78, 5) is 19.2. The lowest BCUT2D eigenvalue weighted by atomic mass is 10.2. The van der Waals surface area contributed by atoms with Crippen molar-refractivity contribution in [3.05, 3.63) is 24.3 Å². The van der Waals surface area contributed by atoms with Crippen LogP contribution in [0.1, 0.15) is 19.3 Å². The van der Waals surface area contributed by atoms with E-state index < -0.39 is 9.84 Å². The molecule has 1 aromatic rings. The maximum Gasteiger partial charge on any atom is 0.238 e. The zero-order valence-corrected chi connectivity index (χ0v) is 17.2. The van der Waals surface area contributed by atoms with E-state index in [9.17, 15) is 13.2 Å². The monoisotopic (exact) mass is 406 g/mol. The van der Waals surface area contributed by atoms with Crippen molar-refractivity contribution in [2.24, 2.45) is 0 Å². The van der Waals surface area contributed by atoms with Crippen molar-refractivity contribution < 1.29 is 13.2 Å². The topological polar surface area (TPSA) is 73.0 Å². The number of anilines is 2. The van der Waals surface area contributed by atoms with Gasteiger partial charge in [-0.3, -0.25) is 14.6 Å². The first kappa shape index (κ1) is 19.7. The Morgan fingerprint density at radius 2 is 1.68 bits per heavy atom. The van der Waals surface area contributed by atoms with Gasteiger partial charge in [0.25, 0.3) is 0 Å². The van der Waals surface area contributed by atoms with Gasteiger partial charge in [-0.1, -0.05) is 0 Å². The molecule has 1 amide bonds. The van der Waals surface area contributed by atoms with Crippen LogP contribution in [0.3, 0.4) is 0 Å². The van der Waals surface area contributed by atoms with Crippen LogP contribution < -0.4 is 10.2 Å². The summed E-state index contributed by atoms with van der Waals surface area (Å²) in [6.45, 7) is 5.88. The van der Waals surface area contributed by atoms with Crippen molar-refractivity contribution in [2.75, 3.05) is 67.5 Å². The number of piperazine rings is 1. The van der Waals surface area contributed by atoms with Crippen LogP contribution in [-0.4, -0.2) is 87.5 Å². The lowest BCUT2D eigenvalue weighted by molar-refractivity contribution is -0.117. The van der Waals surface area contributed by atoms with E-state index in [1.54, 1.807) is 0 Å². The van der Waals surface area contributed by atoms with E-state index in [1.165, 1.54) is 18.5 Å². The number of amides is 1. The van der Waals surface area contributed by atoms with Gasteiger partial charge < -0.3 is 10.2 Å². The minimum Gasteiger partial charge on any atom is -0.372 e. The predicted molar refractivity (Wildman–Crippen MR) is 112 cm³/mol. The molecular weight excluding hydrogens is 376 g/mol. The summed E-state index contributed by atoms with van der Waals surface area (Å²) in [7, 11) is -2.84. The van der Waals surface area contributed by atoms with Crippen LogP contribution in [0.25, 0.3) is 0 Å². The molecule has 1 N–H and O–H groups in total.